The lowest BCUT2D eigenvalue weighted by Crippen LogP contribution is -2.50. The number of alkyl halides is 3. The quantitative estimate of drug-likeness (QED) is 0.758. The summed E-state index contributed by atoms with van der Waals surface area (Å²) in [5.41, 5.74) is -0.0257. The van der Waals surface area contributed by atoms with E-state index >= 15 is 0 Å². The van der Waals surface area contributed by atoms with Crippen LogP contribution in [0.25, 0.3) is 0 Å². The molecule has 3 rings (SSSR count). The molecule has 1 saturated heterocycles. The maximum atomic E-state index is 13.1. The van der Waals surface area contributed by atoms with Crippen LogP contribution >= 0.6 is 0 Å². The molecule has 1 aliphatic carbocycles. The number of benzene rings is 1. The van der Waals surface area contributed by atoms with Gasteiger partial charge in [-0.25, -0.2) is 9.69 Å². The number of hydrogen-bond acceptors (Lipinski definition) is 4. The molecular formula is C20H23F3N4O2. The average molecular weight is 408 g/mol. The first-order chi connectivity index (χ1) is 13.6. The van der Waals surface area contributed by atoms with Crippen LogP contribution in [0.1, 0.15) is 43.7 Å². The van der Waals surface area contributed by atoms with Crippen molar-refractivity contribution in [2.24, 2.45) is 5.92 Å². The van der Waals surface area contributed by atoms with E-state index in [4.69, 9.17) is 5.26 Å². The van der Waals surface area contributed by atoms with Gasteiger partial charge < -0.3 is 5.32 Å². The minimum absolute atomic E-state index is 0.105. The van der Waals surface area contributed by atoms with E-state index in [-0.39, 0.29) is 6.54 Å². The normalized spacial score (nSPS) is 24.8. The molecule has 156 valence electrons. The van der Waals surface area contributed by atoms with Crippen molar-refractivity contribution in [2.45, 2.75) is 50.9 Å². The minimum Gasteiger partial charge on any atom is -0.323 e. The Morgan fingerprint density at radius 2 is 1.86 bits per heavy atom. The lowest BCUT2D eigenvalue weighted by molar-refractivity contribution is -0.154. The Balaban J connectivity index is 1.75. The molecule has 1 spiro atoms. The van der Waals surface area contributed by atoms with Crippen molar-refractivity contribution in [3.63, 3.8) is 0 Å². The molecule has 0 atom stereocenters. The van der Waals surface area contributed by atoms with Crippen molar-refractivity contribution in [1.29, 1.82) is 5.26 Å². The highest BCUT2D eigenvalue weighted by Crippen LogP contribution is 2.36. The molecule has 1 aromatic rings. The minimum atomic E-state index is -4.48. The van der Waals surface area contributed by atoms with Crippen LogP contribution < -0.4 is 5.32 Å². The van der Waals surface area contributed by atoms with E-state index in [0.717, 1.165) is 22.6 Å². The van der Waals surface area contributed by atoms with Crippen LogP contribution in [0.4, 0.5) is 18.0 Å². The summed E-state index contributed by atoms with van der Waals surface area (Å²) in [6.45, 7) is 0.274. The van der Waals surface area contributed by atoms with Gasteiger partial charge in [-0.1, -0.05) is 19.1 Å². The van der Waals surface area contributed by atoms with Crippen LogP contribution in [0, 0.1) is 17.2 Å². The molecule has 1 N–H and O–H groups in total. The van der Waals surface area contributed by atoms with Gasteiger partial charge in [0.05, 0.1) is 24.8 Å². The SMILES string of the molecule is CC1CCC2(CC1)NC(=O)N(CN(Cc1ccc(C#N)cc1)CC(F)(F)F)C2=O. The highest BCUT2D eigenvalue weighted by molar-refractivity contribution is 6.07. The third-order valence-corrected chi connectivity index (χ3v) is 5.61. The van der Waals surface area contributed by atoms with Crippen molar-refractivity contribution >= 4 is 11.9 Å². The number of carbonyl (C=O) groups excluding carboxylic acids is 2. The number of nitriles is 1. The summed E-state index contributed by atoms with van der Waals surface area (Å²) in [7, 11) is 0. The second-order valence-electron chi connectivity index (χ2n) is 7.98. The summed E-state index contributed by atoms with van der Waals surface area (Å²) in [5, 5.41) is 11.6. The van der Waals surface area contributed by atoms with Crippen LogP contribution in [0.5, 0.6) is 0 Å². The number of nitrogens with one attached hydrogen (secondary N) is 1. The first-order valence-electron chi connectivity index (χ1n) is 9.54. The number of rotatable bonds is 5. The fraction of sp³-hybridized carbons (Fsp3) is 0.550. The Morgan fingerprint density at radius 1 is 1.24 bits per heavy atom. The molecule has 1 aromatic carbocycles. The standard InChI is InChI=1S/C20H23F3N4O2/c1-14-6-8-19(9-7-14)17(28)27(18(29)25-19)13-26(12-20(21,22)23)11-16-4-2-15(10-24)3-5-16/h2-5,14H,6-9,11-13H2,1H3,(H,25,29). The zero-order chi connectivity index (χ0) is 21.2. The van der Waals surface area contributed by atoms with Crippen LogP contribution in [-0.4, -0.2) is 46.7 Å². The van der Waals surface area contributed by atoms with E-state index in [2.05, 4.69) is 12.2 Å². The molecule has 0 unspecified atom stereocenters. The Bertz CT molecular complexity index is 809. The zero-order valence-corrected chi connectivity index (χ0v) is 16.1. The lowest BCUT2D eigenvalue weighted by atomic mass is 9.77. The van der Waals surface area contributed by atoms with E-state index in [1.165, 1.54) is 12.1 Å². The molecule has 9 heteroatoms. The molecule has 1 saturated carbocycles. The van der Waals surface area contributed by atoms with Gasteiger partial charge in [0, 0.05) is 6.54 Å². The van der Waals surface area contributed by atoms with Crippen LogP contribution in [0.15, 0.2) is 24.3 Å². The van der Waals surface area contributed by atoms with Crippen molar-refractivity contribution in [2.75, 3.05) is 13.2 Å². The molecule has 1 heterocycles. The van der Waals surface area contributed by atoms with Gasteiger partial charge in [0.15, 0.2) is 0 Å². The number of nitrogens with zero attached hydrogens (tertiary/aromatic N) is 3. The fourth-order valence-electron chi connectivity index (χ4n) is 3.95. The van der Waals surface area contributed by atoms with Gasteiger partial charge in [-0.2, -0.15) is 18.4 Å². The molecule has 2 fully saturated rings. The lowest BCUT2D eigenvalue weighted by Gasteiger charge is -2.34. The molecule has 6 nitrogen and oxygen atoms in total. The van der Waals surface area contributed by atoms with Gasteiger partial charge in [-0.3, -0.25) is 9.69 Å². The maximum Gasteiger partial charge on any atom is 0.401 e. The predicted molar refractivity (Wildman–Crippen MR) is 98.2 cm³/mol. The number of imide groups is 1. The second-order valence-corrected chi connectivity index (χ2v) is 7.98. The van der Waals surface area contributed by atoms with Crippen molar-refractivity contribution < 1.29 is 22.8 Å². The Morgan fingerprint density at radius 3 is 2.41 bits per heavy atom. The fourth-order valence-corrected chi connectivity index (χ4v) is 3.95. The van der Waals surface area contributed by atoms with Crippen molar-refractivity contribution in [3.8, 4) is 6.07 Å². The van der Waals surface area contributed by atoms with Crippen molar-refractivity contribution in [1.82, 2.24) is 15.1 Å². The Labute approximate surface area is 167 Å². The smallest absolute Gasteiger partial charge is 0.323 e. The monoisotopic (exact) mass is 408 g/mol. The largest absolute Gasteiger partial charge is 0.401 e. The highest BCUT2D eigenvalue weighted by atomic mass is 19.4. The second kappa shape index (κ2) is 8.03. The third-order valence-electron chi connectivity index (χ3n) is 5.61. The summed E-state index contributed by atoms with van der Waals surface area (Å²) in [5.74, 6) is 0.0129. The van der Waals surface area contributed by atoms with Crippen molar-refractivity contribution in [3.05, 3.63) is 35.4 Å². The topological polar surface area (TPSA) is 76.4 Å². The average Bonchev–Trinajstić information content (AvgIpc) is 2.88. The van der Waals surface area contributed by atoms with E-state index in [9.17, 15) is 22.8 Å². The molecule has 0 aromatic heterocycles. The van der Waals surface area contributed by atoms with Crippen LogP contribution in [-0.2, 0) is 11.3 Å². The molecule has 1 aliphatic heterocycles. The van der Waals surface area contributed by atoms with Gasteiger partial charge in [-0.15, -0.1) is 0 Å². The van der Waals surface area contributed by atoms with E-state index in [1.54, 1.807) is 12.1 Å². The first kappa shape index (κ1) is 21.1. The summed E-state index contributed by atoms with van der Waals surface area (Å²) in [6.07, 6.45) is -1.90. The summed E-state index contributed by atoms with van der Waals surface area (Å²) >= 11 is 0. The summed E-state index contributed by atoms with van der Waals surface area (Å²) in [4.78, 5) is 27.3. The van der Waals surface area contributed by atoms with E-state index < -0.39 is 36.9 Å². The number of amides is 3. The summed E-state index contributed by atoms with van der Waals surface area (Å²) < 4.78 is 39.3. The van der Waals surface area contributed by atoms with Gasteiger partial charge in [0.2, 0.25) is 0 Å². The zero-order valence-electron chi connectivity index (χ0n) is 16.1. The molecule has 2 aliphatic rings. The molecule has 3 amide bonds. The highest BCUT2D eigenvalue weighted by Gasteiger charge is 2.52. The van der Waals surface area contributed by atoms with Crippen LogP contribution in [0.2, 0.25) is 0 Å². The predicted octanol–water partition coefficient (Wildman–Crippen LogP) is 3.38. The van der Waals surface area contributed by atoms with Gasteiger partial charge >= 0.3 is 12.2 Å². The molecule has 0 radical (unpaired) electrons. The Hall–Kier alpha value is -2.60. The van der Waals surface area contributed by atoms with Gasteiger partial charge in [0.1, 0.15) is 5.54 Å². The maximum absolute atomic E-state index is 13.1. The first-order valence-corrected chi connectivity index (χ1v) is 9.54. The summed E-state index contributed by atoms with van der Waals surface area (Å²) in [6, 6.07) is 7.49. The molecule has 0 bridgehead atoms. The third kappa shape index (κ3) is 4.88. The number of carbonyl (C=O) groups is 2. The Kier molecular flexibility index (Phi) is 5.85. The molecule has 29 heavy (non-hydrogen) atoms. The van der Waals surface area contributed by atoms with Gasteiger partial charge in [-0.05, 0) is 49.3 Å². The number of halogens is 3. The molecular weight excluding hydrogens is 385 g/mol. The van der Waals surface area contributed by atoms with Gasteiger partial charge in [0.25, 0.3) is 5.91 Å². The van der Waals surface area contributed by atoms with E-state index in [0.29, 0.717) is 29.9 Å². The van der Waals surface area contributed by atoms with Crippen LogP contribution in [0.3, 0.4) is 0 Å². The number of hydrogen-bond donors (Lipinski definition) is 1. The van der Waals surface area contributed by atoms with E-state index in [1.807, 2.05) is 6.07 Å². The number of urea groups is 1.